The first kappa shape index (κ1) is 24.3. The first-order valence-electron chi connectivity index (χ1n) is 8.27. The smallest absolute Gasteiger partial charge is 0.356 e. The van der Waals surface area contributed by atoms with Gasteiger partial charge in [0.25, 0.3) is 6.43 Å². The van der Waals surface area contributed by atoms with E-state index in [0.717, 1.165) is 29.6 Å². The summed E-state index contributed by atoms with van der Waals surface area (Å²) in [6.07, 6.45) is -4.92. The van der Waals surface area contributed by atoms with Crippen molar-refractivity contribution in [3.63, 3.8) is 0 Å². The van der Waals surface area contributed by atoms with Gasteiger partial charge in [-0.3, -0.25) is 9.89 Å². The third-order valence-electron chi connectivity index (χ3n) is 4.02. The van der Waals surface area contributed by atoms with Gasteiger partial charge in [-0.25, -0.2) is 13.8 Å². The number of hydrogen-bond acceptors (Lipinski definition) is 4. The molecule has 0 spiro atoms. The normalized spacial score (nSPS) is 17.1. The maximum Gasteiger partial charge on any atom is 0.434 e. The number of nitrogens with zero attached hydrogens (tertiary/aromatic N) is 3. The average molecular weight is 527 g/mol. The summed E-state index contributed by atoms with van der Waals surface area (Å²) in [6, 6.07) is 0.131. The van der Waals surface area contributed by atoms with E-state index >= 15 is 0 Å². The number of hydrogen-bond donors (Lipinski definition) is 2. The monoisotopic (exact) mass is 527 g/mol. The van der Waals surface area contributed by atoms with E-state index in [2.05, 4.69) is 20.6 Å². The second kappa shape index (κ2) is 11.3. The van der Waals surface area contributed by atoms with Gasteiger partial charge >= 0.3 is 6.18 Å². The lowest BCUT2D eigenvalue weighted by molar-refractivity contribution is -0.140. The van der Waals surface area contributed by atoms with Gasteiger partial charge in [0.15, 0.2) is 11.7 Å². The highest BCUT2D eigenvalue weighted by molar-refractivity contribution is 14.0. The maximum absolute atomic E-state index is 12.5. The van der Waals surface area contributed by atoms with Crippen LogP contribution in [0.2, 0.25) is 0 Å². The standard InChI is InChI=1S/C15H22F5N5S.HI/c1-21-14(23-10-3-6-25(7-4-10)8-12(16)17)22-5-2-13-24-11(9-26-13)15(18,19)20;/h9-10,12H,2-8H2,1H3,(H2,21,22,23);1H. The topological polar surface area (TPSA) is 52.6 Å². The van der Waals surface area contributed by atoms with Gasteiger partial charge in [-0.05, 0) is 12.8 Å². The van der Waals surface area contributed by atoms with Crippen molar-refractivity contribution < 1.29 is 22.0 Å². The van der Waals surface area contributed by atoms with Crippen molar-refractivity contribution in [3.05, 3.63) is 16.1 Å². The molecule has 1 aliphatic rings. The molecule has 1 saturated heterocycles. The molecule has 27 heavy (non-hydrogen) atoms. The summed E-state index contributed by atoms with van der Waals surface area (Å²) in [7, 11) is 1.60. The zero-order valence-corrected chi connectivity index (χ0v) is 17.9. The molecule has 1 fully saturated rings. The number of thiazole rings is 1. The molecule has 1 aliphatic heterocycles. The Balaban J connectivity index is 0.00000364. The summed E-state index contributed by atoms with van der Waals surface area (Å²) in [5.74, 6) is 0.546. The molecule has 156 valence electrons. The Labute approximate surface area is 175 Å². The summed E-state index contributed by atoms with van der Waals surface area (Å²) in [6.45, 7) is 1.39. The Hall–Kier alpha value is -0.760. The van der Waals surface area contributed by atoms with Gasteiger partial charge in [0, 0.05) is 44.5 Å². The van der Waals surface area contributed by atoms with E-state index in [0.29, 0.717) is 37.0 Å². The fourth-order valence-corrected chi connectivity index (χ4v) is 3.49. The van der Waals surface area contributed by atoms with Crippen molar-refractivity contribution in [3.8, 4) is 0 Å². The molecule has 12 heteroatoms. The van der Waals surface area contributed by atoms with Gasteiger partial charge in [-0.1, -0.05) is 0 Å². The van der Waals surface area contributed by atoms with Crippen molar-refractivity contribution in [2.45, 2.75) is 37.9 Å². The fourth-order valence-electron chi connectivity index (χ4n) is 2.69. The average Bonchev–Trinajstić information content (AvgIpc) is 3.04. The number of guanidine groups is 1. The SMILES string of the molecule is CN=C(NCCc1nc(C(F)(F)F)cs1)NC1CCN(CC(F)F)CC1.I. The number of aromatic nitrogens is 1. The van der Waals surface area contributed by atoms with Crippen LogP contribution in [0.25, 0.3) is 0 Å². The summed E-state index contributed by atoms with van der Waals surface area (Å²) in [4.78, 5) is 9.40. The van der Waals surface area contributed by atoms with Crippen LogP contribution in [-0.2, 0) is 12.6 Å². The molecule has 1 aromatic heterocycles. The number of halogens is 6. The minimum Gasteiger partial charge on any atom is -0.356 e. The van der Waals surface area contributed by atoms with Crippen molar-refractivity contribution in [2.24, 2.45) is 4.99 Å². The lowest BCUT2D eigenvalue weighted by Gasteiger charge is -2.32. The lowest BCUT2D eigenvalue weighted by Crippen LogP contribution is -2.49. The van der Waals surface area contributed by atoms with E-state index in [1.807, 2.05) is 0 Å². The predicted octanol–water partition coefficient (Wildman–Crippen LogP) is 3.22. The zero-order valence-electron chi connectivity index (χ0n) is 14.7. The Morgan fingerprint density at radius 2 is 2.04 bits per heavy atom. The fraction of sp³-hybridized carbons (Fsp3) is 0.733. The molecular weight excluding hydrogens is 504 g/mol. The molecular formula is C15H23F5IN5S. The van der Waals surface area contributed by atoms with Gasteiger partial charge in [0.05, 0.1) is 11.6 Å². The molecule has 5 nitrogen and oxygen atoms in total. The molecule has 0 saturated carbocycles. The number of alkyl halides is 5. The third-order valence-corrected chi connectivity index (χ3v) is 4.93. The minimum atomic E-state index is -4.42. The predicted molar refractivity (Wildman–Crippen MR) is 106 cm³/mol. The van der Waals surface area contributed by atoms with Crippen LogP contribution in [0.15, 0.2) is 10.4 Å². The molecule has 0 bridgehead atoms. The van der Waals surface area contributed by atoms with Crippen LogP contribution in [-0.4, -0.2) is 61.5 Å². The largest absolute Gasteiger partial charge is 0.434 e. The lowest BCUT2D eigenvalue weighted by atomic mass is 10.1. The first-order valence-corrected chi connectivity index (χ1v) is 9.15. The molecule has 0 radical (unpaired) electrons. The Kier molecular flexibility index (Phi) is 10.2. The molecule has 1 aromatic rings. The highest BCUT2D eigenvalue weighted by Gasteiger charge is 2.33. The molecule has 0 amide bonds. The van der Waals surface area contributed by atoms with Crippen molar-refractivity contribution in [2.75, 3.05) is 33.2 Å². The first-order chi connectivity index (χ1) is 12.3. The third kappa shape index (κ3) is 8.42. The van der Waals surface area contributed by atoms with E-state index in [9.17, 15) is 22.0 Å². The molecule has 0 aromatic carbocycles. The highest BCUT2D eigenvalue weighted by Crippen LogP contribution is 2.30. The van der Waals surface area contributed by atoms with Crippen LogP contribution < -0.4 is 10.6 Å². The van der Waals surface area contributed by atoms with Crippen LogP contribution in [0.4, 0.5) is 22.0 Å². The van der Waals surface area contributed by atoms with E-state index in [4.69, 9.17) is 0 Å². The molecule has 0 atom stereocenters. The Bertz CT molecular complexity index is 587. The van der Waals surface area contributed by atoms with Crippen LogP contribution in [0.5, 0.6) is 0 Å². The van der Waals surface area contributed by atoms with Crippen molar-refractivity contribution in [1.29, 1.82) is 0 Å². The Morgan fingerprint density at radius 1 is 1.37 bits per heavy atom. The van der Waals surface area contributed by atoms with Gasteiger partial charge in [-0.2, -0.15) is 13.2 Å². The van der Waals surface area contributed by atoms with Crippen molar-refractivity contribution in [1.82, 2.24) is 20.5 Å². The summed E-state index contributed by atoms with van der Waals surface area (Å²) in [5, 5.41) is 7.68. The van der Waals surface area contributed by atoms with Gasteiger partial charge in [-0.15, -0.1) is 35.3 Å². The zero-order chi connectivity index (χ0) is 19.2. The second-order valence-corrected chi connectivity index (χ2v) is 6.93. The number of aliphatic imine (C=N–C) groups is 1. The van der Waals surface area contributed by atoms with Crippen molar-refractivity contribution >= 4 is 41.3 Å². The van der Waals surface area contributed by atoms with E-state index in [-0.39, 0.29) is 36.6 Å². The van der Waals surface area contributed by atoms with Crippen LogP contribution >= 0.6 is 35.3 Å². The molecule has 2 N–H and O–H groups in total. The minimum absolute atomic E-state index is 0. The number of rotatable bonds is 6. The molecule has 2 heterocycles. The molecule has 0 unspecified atom stereocenters. The second-order valence-electron chi connectivity index (χ2n) is 5.98. The summed E-state index contributed by atoms with van der Waals surface area (Å²) < 4.78 is 62.3. The maximum atomic E-state index is 12.5. The van der Waals surface area contributed by atoms with E-state index in [1.54, 1.807) is 11.9 Å². The van der Waals surface area contributed by atoms with Crippen LogP contribution in [0, 0.1) is 0 Å². The van der Waals surface area contributed by atoms with Gasteiger partial charge in [0.1, 0.15) is 0 Å². The highest BCUT2D eigenvalue weighted by atomic mass is 127. The van der Waals surface area contributed by atoms with Gasteiger partial charge < -0.3 is 10.6 Å². The summed E-state index contributed by atoms with van der Waals surface area (Å²) in [5.41, 5.74) is -0.865. The number of likely N-dealkylation sites (tertiary alicyclic amines) is 1. The van der Waals surface area contributed by atoms with Gasteiger partial charge in [0.2, 0.25) is 0 Å². The molecule has 2 rings (SSSR count). The number of piperidine rings is 1. The molecule has 0 aliphatic carbocycles. The van der Waals surface area contributed by atoms with Crippen LogP contribution in [0.3, 0.4) is 0 Å². The number of nitrogens with one attached hydrogen (secondary N) is 2. The van der Waals surface area contributed by atoms with Crippen LogP contribution in [0.1, 0.15) is 23.5 Å². The quantitative estimate of drug-likeness (QED) is 0.258. The van der Waals surface area contributed by atoms with E-state index < -0.39 is 18.3 Å². The Morgan fingerprint density at radius 3 is 2.56 bits per heavy atom. The van der Waals surface area contributed by atoms with E-state index in [1.165, 1.54) is 0 Å². The summed E-state index contributed by atoms with van der Waals surface area (Å²) >= 11 is 0.978.